The number of unbranched alkanes of at least 4 members (excludes halogenated alkanes) is 1. The molecule has 1 aromatic carbocycles. The van der Waals surface area contributed by atoms with Crippen LogP contribution < -0.4 is 15.4 Å². The van der Waals surface area contributed by atoms with Crippen LogP contribution in [0.1, 0.15) is 37.3 Å². The molecule has 1 heterocycles. The van der Waals surface area contributed by atoms with Gasteiger partial charge >= 0.3 is 0 Å². The molecular formula is C22H40IN5O. The van der Waals surface area contributed by atoms with E-state index < -0.39 is 0 Å². The predicted molar refractivity (Wildman–Crippen MR) is 134 cm³/mol. The minimum absolute atomic E-state index is 0. The van der Waals surface area contributed by atoms with E-state index in [1.807, 2.05) is 7.05 Å². The molecule has 0 spiro atoms. The maximum absolute atomic E-state index is 5.90. The summed E-state index contributed by atoms with van der Waals surface area (Å²) >= 11 is 0. The smallest absolute Gasteiger partial charge is 0.191 e. The molecule has 1 aromatic rings. The van der Waals surface area contributed by atoms with E-state index in [2.05, 4.69) is 64.5 Å². The topological polar surface area (TPSA) is 52.1 Å². The number of nitrogens with one attached hydrogen (secondary N) is 2. The molecule has 1 fully saturated rings. The van der Waals surface area contributed by atoms with E-state index in [1.165, 1.54) is 44.7 Å². The Morgan fingerprint density at radius 2 is 1.90 bits per heavy atom. The van der Waals surface area contributed by atoms with E-state index in [0.717, 1.165) is 43.3 Å². The third-order valence-electron chi connectivity index (χ3n) is 5.14. The summed E-state index contributed by atoms with van der Waals surface area (Å²) in [6.07, 6.45) is 3.39. The summed E-state index contributed by atoms with van der Waals surface area (Å²) in [4.78, 5) is 9.32. The minimum atomic E-state index is 0. The van der Waals surface area contributed by atoms with Crippen LogP contribution in [-0.2, 0) is 6.54 Å². The Kier molecular flexibility index (Phi) is 13.3. The lowest BCUT2D eigenvalue weighted by Crippen LogP contribution is -2.44. The van der Waals surface area contributed by atoms with Crippen molar-refractivity contribution in [2.75, 3.05) is 60.0 Å². The normalized spacial score (nSPS) is 15.7. The molecule has 0 radical (unpaired) electrons. The molecule has 2 N–H and O–H groups in total. The van der Waals surface area contributed by atoms with Gasteiger partial charge in [-0.05, 0) is 51.4 Å². The van der Waals surface area contributed by atoms with Crippen LogP contribution in [0.5, 0.6) is 5.75 Å². The van der Waals surface area contributed by atoms with Crippen LogP contribution in [-0.4, -0.2) is 75.7 Å². The maximum Gasteiger partial charge on any atom is 0.191 e. The summed E-state index contributed by atoms with van der Waals surface area (Å²) in [6.45, 7) is 12.6. The number of benzene rings is 1. The van der Waals surface area contributed by atoms with Gasteiger partial charge in [0.05, 0.1) is 6.61 Å². The highest BCUT2D eigenvalue weighted by Crippen LogP contribution is 2.20. The standard InChI is InChI=1S/C22H39N5O.HI/c1-5-16-28-21-17-19(2)8-9-20(21)18-25-22(23-3)24-10-6-7-11-27-14-12-26(4)13-15-27;/h8-9,17H,5-7,10-16,18H2,1-4H3,(H2,23,24,25);1H. The third-order valence-corrected chi connectivity index (χ3v) is 5.14. The lowest BCUT2D eigenvalue weighted by molar-refractivity contribution is 0.152. The lowest BCUT2D eigenvalue weighted by Gasteiger charge is -2.32. The first-order valence-electron chi connectivity index (χ1n) is 10.7. The highest BCUT2D eigenvalue weighted by molar-refractivity contribution is 14.0. The average molecular weight is 518 g/mol. The van der Waals surface area contributed by atoms with E-state index in [0.29, 0.717) is 6.54 Å². The number of ether oxygens (including phenoxy) is 1. The molecule has 0 aromatic heterocycles. The number of hydrogen-bond acceptors (Lipinski definition) is 4. The molecule has 0 saturated carbocycles. The number of hydrogen-bond donors (Lipinski definition) is 2. The van der Waals surface area contributed by atoms with E-state index in [4.69, 9.17) is 4.74 Å². The Hall–Kier alpha value is -1.06. The van der Waals surface area contributed by atoms with Crippen molar-refractivity contribution >= 4 is 29.9 Å². The second kappa shape index (κ2) is 14.8. The monoisotopic (exact) mass is 517 g/mol. The molecule has 2 rings (SSSR count). The van der Waals surface area contributed by atoms with Crippen molar-refractivity contribution in [1.29, 1.82) is 0 Å². The number of nitrogens with zero attached hydrogens (tertiary/aromatic N) is 3. The van der Waals surface area contributed by atoms with Crippen molar-refractivity contribution in [3.05, 3.63) is 29.3 Å². The Morgan fingerprint density at radius 3 is 2.59 bits per heavy atom. The molecule has 7 heteroatoms. The van der Waals surface area contributed by atoms with Gasteiger partial charge < -0.3 is 25.2 Å². The van der Waals surface area contributed by atoms with Crippen molar-refractivity contribution in [1.82, 2.24) is 20.4 Å². The van der Waals surface area contributed by atoms with E-state index >= 15 is 0 Å². The fourth-order valence-corrected chi connectivity index (χ4v) is 3.29. The fourth-order valence-electron chi connectivity index (χ4n) is 3.29. The second-order valence-electron chi connectivity index (χ2n) is 7.66. The Labute approximate surface area is 194 Å². The van der Waals surface area contributed by atoms with Crippen molar-refractivity contribution in [3.63, 3.8) is 0 Å². The number of guanidine groups is 1. The zero-order valence-electron chi connectivity index (χ0n) is 18.7. The molecule has 1 aliphatic rings. The maximum atomic E-state index is 5.90. The molecule has 0 bridgehead atoms. The number of halogens is 1. The van der Waals surface area contributed by atoms with Gasteiger partial charge in [-0.15, -0.1) is 24.0 Å². The van der Waals surface area contributed by atoms with E-state index in [-0.39, 0.29) is 24.0 Å². The van der Waals surface area contributed by atoms with Crippen molar-refractivity contribution < 1.29 is 4.74 Å². The first kappa shape index (κ1) is 26.0. The van der Waals surface area contributed by atoms with Crippen LogP contribution in [0, 0.1) is 6.92 Å². The lowest BCUT2D eigenvalue weighted by atomic mass is 10.1. The number of aliphatic imine (C=N–C) groups is 1. The molecule has 166 valence electrons. The van der Waals surface area contributed by atoms with Gasteiger partial charge in [0.25, 0.3) is 0 Å². The van der Waals surface area contributed by atoms with Crippen LogP contribution in [0.25, 0.3) is 0 Å². The Morgan fingerprint density at radius 1 is 1.14 bits per heavy atom. The van der Waals surface area contributed by atoms with Gasteiger partial charge in [0.15, 0.2) is 5.96 Å². The van der Waals surface area contributed by atoms with Crippen molar-refractivity contribution in [2.24, 2.45) is 4.99 Å². The molecule has 0 amide bonds. The minimum Gasteiger partial charge on any atom is -0.493 e. The van der Waals surface area contributed by atoms with Crippen LogP contribution in [0.4, 0.5) is 0 Å². The van der Waals surface area contributed by atoms with Crippen molar-refractivity contribution in [2.45, 2.75) is 39.7 Å². The molecule has 29 heavy (non-hydrogen) atoms. The van der Waals surface area contributed by atoms with Gasteiger partial charge in [0.1, 0.15) is 5.75 Å². The number of piperazine rings is 1. The van der Waals surface area contributed by atoms with Gasteiger partial charge in [-0.2, -0.15) is 0 Å². The highest BCUT2D eigenvalue weighted by atomic mass is 127. The first-order chi connectivity index (χ1) is 13.6. The predicted octanol–water partition coefficient (Wildman–Crippen LogP) is 3.09. The van der Waals surface area contributed by atoms with Gasteiger partial charge in [0.2, 0.25) is 0 Å². The van der Waals surface area contributed by atoms with Crippen LogP contribution in [0.3, 0.4) is 0 Å². The molecule has 1 aliphatic heterocycles. The molecule has 1 saturated heterocycles. The summed E-state index contributed by atoms with van der Waals surface area (Å²) < 4.78 is 5.90. The number of rotatable bonds is 10. The van der Waals surface area contributed by atoms with Crippen molar-refractivity contribution in [3.8, 4) is 5.75 Å². The third kappa shape index (κ3) is 10.00. The van der Waals surface area contributed by atoms with E-state index in [1.54, 1.807) is 0 Å². The first-order valence-corrected chi connectivity index (χ1v) is 10.7. The zero-order chi connectivity index (χ0) is 20.2. The Bertz CT molecular complexity index is 603. The van der Waals surface area contributed by atoms with Gasteiger partial charge in [0, 0.05) is 51.9 Å². The summed E-state index contributed by atoms with van der Waals surface area (Å²) in [5.41, 5.74) is 2.38. The summed E-state index contributed by atoms with van der Waals surface area (Å²) in [5.74, 6) is 1.82. The number of likely N-dealkylation sites (N-methyl/N-ethyl adjacent to an activating group) is 1. The molecule has 0 atom stereocenters. The molecule has 0 aliphatic carbocycles. The van der Waals surface area contributed by atoms with Gasteiger partial charge in [-0.1, -0.05) is 19.1 Å². The van der Waals surface area contributed by atoms with E-state index in [9.17, 15) is 0 Å². The summed E-state index contributed by atoms with van der Waals surface area (Å²) in [6, 6.07) is 6.38. The molecule has 0 unspecified atom stereocenters. The zero-order valence-corrected chi connectivity index (χ0v) is 21.0. The second-order valence-corrected chi connectivity index (χ2v) is 7.66. The van der Waals surface area contributed by atoms with Gasteiger partial charge in [-0.25, -0.2) is 0 Å². The van der Waals surface area contributed by atoms with Gasteiger partial charge in [-0.3, -0.25) is 4.99 Å². The largest absolute Gasteiger partial charge is 0.493 e. The average Bonchev–Trinajstić information content (AvgIpc) is 2.70. The fraction of sp³-hybridized carbons (Fsp3) is 0.682. The molecule has 6 nitrogen and oxygen atoms in total. The van der Waals surface area contributed by atoms with Crippen LogP contribution >= 0.6 is 24.0 Å². The van der Waals surface area contributed by atoms with Crippen LogP contribution in [0.15, 0.2) is 23.2 Å². The summed E-state index contributed by atoms with van der Waals surface area (Å²) in [7, 11) is 4.03. The highest BCUT2D eigenvalue weighted by Gasteiger charge is 2.12. The Balaban J connectivity index is 0.00000420. The van der Waals surface area contributed by atoms with Crippen LogP contribution in [0.2, 0.25) is 0 Å². The molecular weight excluding hydrogens is 477 g/mol. The summed E-state index contributed by atoms with van der Waals surface area (Å²) in [5, 5.41) is 6.84. The SMILES string of the molecule is CCCOc1cc(C)ccc1CNC(=NC)NCCCCN1CCN(C)CC1.I. The number of aryl methyl sites for hydroxylation is 1. The quantitative estimate of drug-likeness (QED) is 0.216.